The van der Waals surface area contributed by atoms with Gasteiger partial charge in [0.1, 0.15) is 0 Å². The van der Waals surface area contributed by atoms with Crippen molar-refractivity contribution in [2.24, 2.45) is 0 Å². The molecule has 0 amide bonds. The van der Waals surface area contributed by atoms with Gasteiger partial charge in [0.05, 0.1) is 0 Å². The van der Waals surface area contributed by atoms with Crippen LogP contribution in [0.15, 0.2) is 79.1 Å². The van der Waals surface area contributed by atoms with E-state index in [0.717, 1.165) is 22.5 Å². The Morgan fingerprint density at radius 1 is 0.758 bits per heavy atom. The first-order valence-electron chi connectivity index (χ1n) is 11.1. The number of fused-ring (bicyclic) bond motifs is 1. The molecule has 1 aliphatic rings. The Hall–Kier alpha value is -2.61. The molecule has 0 aliphatic heterocycles. The third-order valence-electron chi connectivity index (χ3n) is 6.20. The summed E-state index contributed by atoms with van der Waals surface area (Å²) in [6.45, 7) is 11.4. The van der Waals surface area contributed by atoms with Gasteiger partial charge in [0.2, 0.25) is 0 Å². The molecule has 0 atom stereocenters. The second kappa shape index (κ2) is 10.1. The van der Waals surface area contributed by atoms with Crippen molar-refractivity contribution in [2.45, 2.75) is 51.9 Å². The number of benzene rings is 2. The minimum absolute atomic E-state index is 0. The Morgan fingerprint density at radius 3 is 2.00 bits per heavy atom. The van der Waals surface area contributed by atoms with Crippen molar-refractivity contribution in [3.8, 4) is 22.5 Å². The van der Waals surface area contributed by atoms with Gasteiger partial charge in [0, 0.05) is 32.5 Å². The molecule has 2 heterocycles. The summed E-state index contributed by atoms with van der Waals surface area (Å²) in [5, 5.41) is 0. The summed E-state index contributed by atoms with van der Waals surface area (Å²) >= 11 is 0. The van der Waals surface area contributed by atoms with E-state index in [9.17, 15) is 0 Å². The minimum atomic E-state index is 0. The molecular formula is C30H30IrN2-2. The molecule has 0 fully saturated rings. The van der Waals surface area contributed by atoms with E-state index in [-0.39, 0.29) is 30.9 Å². The van der Waals surface area contributed by atoms with Crippen LogP contribution in [0.1, 0.15) is 50.8 Å². The van der Waals surface area contributed by atoms with Gasteiger partial charge in [-0.05, 0) is 52.8 Å². The monoisotopic (exact) mass is 611 g/mol. The van der Waals surface area contributed by atoms with Crippen LogP contribution >= 0.6 is 0 Å². The SMILES string of the molecule is CC1(C)CC(C)(C)c2cc(-c3[c-]cccc3)ncc21.Cc1cccnc1-c1[c-]cccc1.[Ir]. The van der Waals surface area contributed by atoms with Crippen LogP contribution < -0.4 is 0 Å². The first-order valence-corrected chi connectivity index (χ1v) is 11.1. The molecular weight excluding hydrogens is 581 g/mol. The normalized spacial score (nSPS) is 14.9. The summed E-state index contributed by atoms with van der Waals surface area (Å²) in [7, 11) is 0. The maximum Gasteiger partial charge on any atom is 0.0201 e. The zero-order valence-electron chi connectivity index (χ0n) is 19.9. The van der Waals surface area contributed by atoms with Crippen LogP contribution in [0.3, 0.4) is 0 Å². The van der Waals surface area contributed by atoms with Gasteiger partial charge < -0.3 is 9.97 Å². The smallest absolute Gasteiger partial charge is 0.0201 e. The molecule has 171 valence electrons. The van der Waals surface area contributed by atoms with Gasteiger partial charge in [-0.2, -0.15) is 0 Å². The number of pyridine rings is 2. The number of hydrogen-bond acceptors (Lipinski definition) is 2. The van der Waals surface area contributed by atoms with E-state index in [0.29, 0.717) is 0 Å². The van der Waals surface area contributed by atoms with Crippen molar-refractivity contribution in [2.75, 3.05) is 0 Å². The van der Waals surface area contributed by atoms with Crippen molar-refractivity contribution < 1.29 is 20.1 Å². The Bertz CT molecular complexity index is 1200. The number of rotatable bonds is 2. The molecule has 2 nitrogen and oxygen atoms in total. The zero-order valence-corrected chi connectivity index (χ0v) is 22.3. The summed E-state index contributed by atoms with van der Waals surface area (Å²) in [4.78, 5) is 8.97. The van der Waals surface area contributed by atoms with E-state index in [2.05, 4.69) is 81.1 Å². The zero-order chi connectivity index (χ0) is 22.8. The minimum Gasteiger partial charge on any atom is -0.304 e. The van der Waals surface area contributed by atoms with E-state index in [1.807, 2.05) is 54.7 Å². The number of aromatic nitrogens is 2. The molecule has 1 radical (unpaired) electrons. The summed E-state index contributed by atoms with van der Waals surface area (Å²) in [6, 6.07) is 28.6. The molecule has 0 saturated heterocycles. The first kappa shape index (κ1) is 25.0. The summed E-state index contributed by atoms with van der Waals surface area (Å²) < 4.78 is 0. The van der Waals surface area contributed by atoms with Crippen molar-refractivity contribution >= 4 is 0 Å². The second-order valence-corrected chi connectivity index (χ2v) is 9.78. The van der Waals surface area contributed by atoms with E-state index in [4.69, 9.17) is 0 Å². The second-order valence-electron chi connectivity index (χ2n) is 9.78. The third-order valence-corrected chi connectivity index (χ3v) is 6.20. The molecule has 0 unspecified atom stereocenters. The van der Waals surface area contributed by atoms with Crippen molar-refractivity contribution in [3.63, 3.8) is 0 Å². The maximum absolute atomic E-state index is 4.65. The topological polar surface area (TPSA) is 25.8 Å². The molecule has 2 aromatic heterocycles. The van der Waals surface area contributed by atoms with E-state index >= 15 is 0 Å². The van der Waals surface area contributed by atoms with Crippen LogP contribution in [-0.2, 0) is 30.9 Å². The van der Waals surface area contributed by atoms with Crippen LogP contribution in [0.5, 0.6) is 0 Å². The molecule has 0 spiro atoms. The van der Waals surface area contributed by atoms with Crippen LogP contribution in [-0.4, -0.2) is 9.97 Å². The molecule has 33 heavy (non-hydrogen) atoms. The fourth-order valence-electron chi connectivity index (χ4n) is 4.86. The number of nitrogens with zero attached hydrogens (tertiary/aromatic N) is 2. The maximum atomic E-state index is 4.65. The molecule has 5 rings (SSSR count). The fourth-order valence-corrected chi connectivity index (χ4v) is 4.86. The average Bonchev–Trinajstić information content (AvgIpc) is 2.99. The molecule has 4 aromatic rings. The molecule has 1 aliphatic carbocycles. The largest absolute Gasteiger partial charge is 0.304 e. The fraction of sp³-hybridized carbons (Fsp3) is 0.267. The van der Waals surface area contributed by atoms with Crippen LogP contribution in [0.2, 0.25) is 0 Å². The van der Waals surface area contributed by atoms with Crippen molar-refractivity contribution in [1.29, 1.82) is 0 Å². The molecule has 2 aromatic carbocycles. The predicted octanol–water partition coefficient (Wildman–Crippen LogP) is 7.36. The van der Waals surface area contributed by atoms with Gasteiger partial charge in [-0.1, -0.05) is 45.4 Å². The summed E-state index contributed by atoms with van der Waals surface area (Å²) in [5.74, 6) is 0. The third kappa shape index (κ3) is 5.49. The quantitative estimate of drug-likeness (QED) is 0.222. The van der Waals surface area contributed by atoms with E-state index < -0.39 is 0 Å². The average molecular weight is 611 g/mol. The standard InChI is InChI=1S/C18H20N.C12H10N.Ir/c1-17(2)12-18(3,4)15-11-19-16(10-14(15)17)13-8-6-5-7-9-13;1-10-6-5-9-13-12(10)11-7-3-2-4-8-11;/h5-8,10-11H,12H2,1-4H3;2-7,9H,1H3;/q2*-1;. The molecule has 0 saturated carbocycles. The number of aryl methyl sites for hydroxylation is 1. The van der Waals surface area contributed by atoms with Gasteiger partial charge >= 0.3 is 0 Å². The Labute approximate surface area is 211 Å². The van der Waals surface area contributed by atoms with Gasteiger partial charge in [-0.3, -0.25) is 0 Å². The van der Waals surface area contributed by atoms with Gasteiger partial charge in [0.15, 0.2) is 0 Å². The van der Waals surface area contributed by atoms with E-state index in [1.165, 1.54) is 23.1 Å². The van der Waals surface area contributed by atoms with Gasteiger partial charge in [0.25, 0.3) is 0 Å². The predicted molar refractivity (Wildman–Crippen MR) is 132 cm³/mol. The van der Waals surface area contributed by atoms with Crippen LogP contribution in [0.25, 0.3) is 22.5 Å². The Kier molecular flexibility index (Phi) is 7.67. The summed E-state index contributed by atoms with van der Waals surface area (Å²) in [6.07, 6.45) is 5.06. The van der Waals surface area contributed by atoms with Gasteiger partial charge in [-0.25, -0.2) is 0 Å². The van der Waals surface area contributed by atoms with E-state index in [1.54, 1.807) is 0 Å². The van der Waals surface area contributed by atoms with Crippen LogP contribution in [0, 0.1) is 19.1 Å². The molecule has 0 bridgehead atoms. The number of hydrogen-bond donors (Lipinski definition) is 0. The van der Waals surface area contributed by atoms with Crippen molar-refractivity contribution in [1.82, 2.24) is 9.97 Å². The molecule has 3 heteroatoms. The Morgan fingerprint density at radius 2 is 1.39 bits per heavy atom. The summed E-state index contributed by atoms with van der Waals surface area (Å²) in [5.41, 5.74) is 8.66. The van der Waals surface area contributed by atoms with Crippen LogP contribution in [0.4, 0.5) is 0 Å². The first-order chi connectivity index (χ1) is 15.3. The Balaban J connectivity index is 0.000000192. The van der Waals surface area contributed by atoms with Crippen molar-refractivity contribution in [3.05, 3.63) is 108 Å². The molecule has 0 N–H and O–H groups in total. The van der Waals surface area contributed by atoms with Gasteiger partial charge in [-0.15, -0.1) is 71.8 Å².